The molecule has 2 amide bonds. The van der Waals surface area contributed by atoms with Crippen molar-refractivity contribution < 1.29 is 4.79 Å². The van der Waals surface area contributed by atoms with E-state index in [4.69, 9.17) is 18.0 Å². The number of nitrogens with two attached hydrogens (primary N) is 1. The second kappa shape index (κ2) is 7.22. The number of hydrogen-bond acceptors (Lipinski definition) is 3. The SMILES string of the molecule is CCC(C(N)=S)N1CCN(C(=O)NC2CCCC2)CC1. The highest BCUT2D eigenvalue weighted by Crippen LogP contribution is 2.18. The Morgan fingerprint density at radius 2 is 1.90 bits per heavy atom. The molecular weight excluding hydrogens is 272 g/mol. The normalized spacial score (nSPS) is 22.8. The van der Waals surface area contributed by atoms with Crippen LogP contribution in [0.3, 0.4) is 0 Å². The van der Waals surface area contributed by atoms with Gasteiger partial charge in [-0.05, 0) is 19.3 Å². The second-order valence-electron chi connectivity index (χ2n) is 5.78. The van der Waals surface area contributed by atoms with E-state index in [0.29, 0.717) is 11.0 Å². The predicted molar refractivity (Wildman–Crippen MR) is 84.8 cm³/mol. The molecule has 0 bridgehead atoms. The lowest BCUT2D eigenvalue weighted by Crippen LogP contribution is -2.57. The molecule has 0 spiro atoms. The zero-order valence-corrected chi connectivity index (χ0v) is 13.1. The Morgan fingerprint density at radius 1 is 1.30 bits per heavy atom. The molecule has 1 saturated carbocycles. The summed E-state index contributed by atoms with van der Waals surface area (Å²) in [7, 11) is 0. The summed E-state index contributed by atoms with van der Waals surface area (Å²) >= 11 is 5.12. The molecule has 1 saturated heterocycles. The maximum atomic E-state index is 12.2. The van der Waals surface area contributed by atoms with Crippen LogP contribution < -0.4 is 11.1 Å². The highest BCUT2D eigenvalue weighted by Gasteiger charge is 2.27. The Kier molecular flexibility index (Phi) is 5.60. The third-order valence-corrected chi connectivity index (χ3v) is 4.71. The van der Waals surface area contributed by atoms with Crippen molar-refractivity contribution in [2.75, 3.05) is 26.2 Å². The number of nitrogens with one attached hydrogen (secondary N) is 1. The number of thiocarbonyl (C=S) groups is 1. The molecule has 0 radical (unpaired) electrons. The topological polar surface area (TPSA) is 61.6 Å². The first-order chi connectivity index (χ1) is 9.61. The lowest BCUT2D eigenvalue weighted by Gasteiger charge is -2.38. The first-order valence-electron chi connectivity index (χ1n) is 7.70. The highest BCUT2D eigenvalue weighted by molar-refractivity contribution is 7.80. The number of rotatable bonds is 4. The smallest absolute Gasteiger partial charge is 0.317 e. The average Bonchev–Trinajstić information content (AvgIpc) is 2.92. The van der Waals surface area contributed by atoms with Crippen LogP contribution in [0.2, 0.25) is 0 Å². The summed E-state index contributed by atoms with van der Waals surface area (Å²) in [4.78, 5) is 17.0. The molecule has 1 unspecified atom stereocenters. The zero-order chi connectivity index (χ0) is 14.5. The molecule has 1 aliphatic carbocycles. The molecule has 5 nitrogen and oxygen atoms in total. The third kappa shape index (κ3) is 3.82. The zero-order valence-electron chi connectivity index (χ0n) is 12.3. The Hall–Kier alpha value is -0.880. The van der Waals surface area contributed by atoms with Crippen LogP contribution in [0.1, 0.15) is 39.0 Å². The van der Waals surface area contributed by atoms with Gasteiger partial charge in [-0.3, -0.25) is 4.90 Å². The quantitative estimate of drug-likeness (QED) is 0.769. The molecule has 0 aromatic carbocycles. The predicted octanol–water partition coefficient (Wildman–Crippen LogP) is 1.32. The number of nitrogens with zero attached hydrogens (tertiary/aromatic N) is 2. The molecule has 20 heavy (non-hydrogen) atoms. The molecule has 1 heterocycles. The van der Waals surface area contributed by atoms with Crippen molar-refractivity contribution in [3.8, 4) is 0 Å². The van der Waals surface area contributed by atoms with Crippen molar-refractivity contribution in [2.45, 2.75) is 51.1 Å². The van der Waals surface area contributed by atoms with Gasteiger partial charge >= 0.3 is 6.03 Å². The van der Waals surface area contributed by atoms with E-state index >= 15 is 0 Å². The van der Waals surface area contributed by atoms with Crippen molar-refractivity contribution in [3.63, 3.8) is 0 Å². The average molecular weight is 298 g/mol. The van der Waals surface area contributed by atoms with Crippen LogP contribution in [0, 0.1) is 0 Å². The van der Waals surface area contributed by atoms with Gasteiger partial charge in [-0.15, -0.1) is 0 Å². The molecule has 6 heteroatoms. The van der Waals surface area contributed by atoms with Gasteiger partial charge in [-0.2, -0.15) is 0 Å². The summed E-state index contributed by atoms with van der Waals surface area (Å²) < 4.78 is 0. The lowest BCUT2D eigenvalue weighted by atomic mass is 10.1. The summed E-state index contributed by atoms with van der Waals surface area (Å²) in [6.45, 7) is 5.33. The molecule has 2 rings (SSSR count). The fraction of sp³-hybridized carbons (Fsp3) is 0.857. The minimum atomic E-state index is 0.0972. The minimum absolute atomic E-state index is 0.0972. The molecule has 0 aromatic rings. The van der Waals surface area contributed by atoms with Gasteiger partial charge in [0, 0.05) is 32.2 Å². The Morgan fingerprint density at radius 3 is 2.40 bits per heavy atom. The van der Waals surface area contributed by atoms with Crippen molar-refractivity contribution in [1.29, 1.82) is 0 Å². The second-order valence-corrected chi connectivity index (χ2v) is 6.25. The summed E-state index contributed by atoms with van der Waals surface area (Å²) in [5.41, 5.74) is 5.78. The molecule has 1 aliphatic heterocycles. The Balaban J connectivity index is 1.78. The first-order valence-corrected chi connectivity index (χ1v) is 8.11. The monoisotopic (exact) mass is 298 g/mol. The van der Waals surface area contributed by atoms with Crippen molar-refractivity contribution >= 4 is 23.2 Å². The standard InChI is InChI=1S/C14H26N4OS/c1-2-12(13(15)20)17-7-9-18(10-8-17)14(19)16-11-5-3-4-6-11/h11-12H,2-10H2,1H3,(H2,15,20)(H,16,19). The van der Waals surface area contributed by atoms with Gasteiger partial charge in [0.1, 0.15) is 0 Å². The Labute approximate surface area is 126 Å². The molecular formula is C14H26N4OS. The summed E-state index contributed by atoms with van der Waals surface area (Å²) in [5, 5.41) is 3.15. The summed E-state index contributed by atoms with van der Waals surface area (Å²) in [6, 6.07) is 0.658. The number of hydrogen-bond donors (Lipinski definition) is 2. The van der Waals surface area contributed by atoms with Crippen LogP contribution in [0.25, 0.3) is 0 Å². The van der Waals surface area contributed by atoms with Gasteiger partial charge in [0.2, 0.25) is 0 Å². The van der Waals surface area contributed by atoms with E-state index in [1.165, 1.54) is 12.8 Å². The molecule has 1 atom stereocenters. The number of amides is 2. The molecule has 2 aliphatic rings. The van der Waals surface area contributed by atoms with Gasteiger partial charge in [-0.1, -0.05) is 32.0 Å². The van der Waals surface area contributed by atoms with Gasteiger partial charge in [-0.25, -0.2) is 4.79 Å². The number of piperazine rings is 1. The van der Waals surface area contributed by atoms with Gasteiger partial charge in [0.05, 0.1) is 11.0 Å². The van der Waals surface area contributed by atoms with Crippen molar-refractivity contribution in [2.24, 2.45) is 5.73 Å². The van der Waals surface area contributed by atoms with Gasteiger partial charge in [0.25, 0.3) is 0 Å². The van der Waals surface area contributed by atoms with Crippen LogP contribution in [0.5, 0.6) is 0 Å². The molecule has 3 N–H and O–H groups in total. The van der Waals surface area contributed by atoms with Crippen molar-refractivity contribution in [3.05, 3.63) is 0 Å². The molecule has 2 fully saturated rings. The molecule has 0 aromatic heterocycles. The van der Waals surface area contributed by atoms with Gasteiger partial charge in [0.15, 0.2) is 0 Å². The summed E-state index contributed by atoms with van der Waals surface area (Å²) in [5.74, 6) is 0. The number of carbonyl (C=O) groups excluding carboxylic acids is 1. The van der Waals surface area contributed by atoms with Crippen LogP contribution in [-0.2, 0) is 0 Å². The lowest BCUT2D eigenvalue weighted by molar-refractivity contribution is 0.125. The first kappa shape index (κ1) is 15.5. The third-order valence-electron chi connectivity index (χ3n) is 4.44. The van der Waals surface area contributed by atoms with Gasteiger partial charge < -0.3 is 16.0 Å². The van der Waals surface area contributed by atoms with E-state index in [1.54, 1.807) is 0 Å². The van der Waals surface area contributed by atoms with E-state index in [1.807, 2.05) is 4.90 Å². The molecule has 114 valence electrons. The fourth-order valence-electron chi connectivity index (χ4n) is 3.21. The van der Waals surface area contributed by atoms with Crippen LogP contribution in [0.4, 0.5) is 4.79 Å². The van der Waals surface area contributed by atoms with Crippen molar-refractivity contribution in [1.82, 2.24) is 15.1 Å². The Bertz CT molecular complexity index is 349. The maximum absolute atomic E-state index is 12.2. The fourth-order valence-corrected chi connectivity index (χ4v) is 3.53. The summed E-state index contributed by atoms with van der Waals surface area (Å²) in [6.07, 6.45) is 5.68. The van der Waals surface area contributed by atoms with Crippen LogP contribution >= 0.6 is 12.2 Å². The highest BCUT2D eigenvalue weighted by atomic mass is 32.1. The number of carbonyl (C=O) groups is 1. The minimum Gasteiger partial charge on any atom is -0.392 e. The van der Waals surface area contributed by atoms with Crippen LogP contribution in [0.15, 0.2) is 0 Å². The number of urea groups is 1. The maximum Gasteiger partial charge on any atom is 0.317 e. The van der Waals surface area contributed by atoms with Crippen LogP contribution in [-0.4, -0.2) is 59.1 Å². The van der Waals surface area contributed by atoms with E-state index < -0.39 is 0 Å². The van der Waals surface area contributed by atoms with E-state index in [0.717, 1.165) is 45.4 Å². The van der Waals surface area contributed by atoms with E-state index in [-0.39, 0.29) is 12.1 Å². The largest absolute Gasteiger partial charge is 0.392 e. The van der Waals surface area contributed by atoms with E-state index in [9.17, 15) is 4.79 Å². The van der Waals surface area contributed by atoms with E-state index in [2.05, 4.69) is 17.1 Å².